The first-order chi connectivity index (χ1) is 15.0. The molecule has 2 atom stereocenters. The predicted octanol–water partition coefficient (Wildman–Crippen LogP) is 3.42. The van der Waals surface area contributed by atoms with Crippen LogP contribution >= 0.6 is 0 Å². The van der Waals surface area contributed by atoms with Crippen molar-refractivity contribution in [3.63, 3.8) is 0 Å². The highest BCUT2D eigenvalue weighted by atomic mass is 16.6. The number of amides is 1. The number of hydrogen-bond donors (Lipinski definition) is 1. The number of carbonyl (C=O) groups is 2. The van der Waals surface area contributed by atoms with E-state index in [1.165, 1.54) is 33.1 Å². The van der Waals surface area contributed by atoms with Gasteiger partial charge in [-0.15, -0.1) is 5.10 Å². The first kappa shape index (κ1) is 19.3. The molecule has 2 aliphatic rings. The van der Waals surface area contributed by atoms with Gasteiger partial charge in [-0.05, 0) is 28.2 Å². The van der Waals surface area contributed by atoms with Crippen molar-refractivity contribution in [2.45, 2.75) is 18.9 Å². The van der Waals surface area contributed by atoms with E-state index in [2.05, 4.69) is 34.6 Å². The number of aromatic carboxylic acids is 1. The second-order valence-electron chi connectivity index (χ2n) is 8.14. The second-order valence-corrected chi connectivity index (χ2v) is 8.14. The Morgan fingerprint density at radius 2 is 1.71 bits per heavy atom. The molecule has 0 unspecified atom stereocenters. The van der Waals surface area contributed by atoms with Gasteiger partial charge in [0.2, 0.25) is 0 Å². The minimum atomic E-state index is -1.12. The lowest BCUT2D eigenvalue weighted by Gasteiger charge is -2.19. The van der Waals surface area contributed by atoms with Gasteiger partial charge >= 0.3 is 12.1 Å². The lowest BCUT2D eigenvalue weighted by Crippen LogP contribution is -2.31. The van der Waals surface area contributed by atoms with Gasteiger partial charge < -0.3 is 14.7 Å². The molecule has 1 aliphatic heterocycles. The smallest absolute Gasteiger partial charge is 0.409 e. The van der Waals surface area contributed by atoms with Gasteiger partial charge in [0.15, 0.2) is 5.69 Å². The molecule has 2 heterocycles. The Hall–Kier alpha value is -3.68. The van der Waals surface area contributed by atoms with Crippen LogP contribution in [-0.2, 0) is 4.74 Å². The van der Waals surface area contributed by atoms with E-state index in [0.29, 0.717) is 13.1 Å². The van der Waals surface area contributed by atoms with E-state index in [1.807, 2.05) is 31.2 Å². The molecule has 31 heavy (non-hydrogen) atoms. The number of carbonyl (C=O) groups excluding carboxylic acids is 1. The van der Waals surface area contributed by atoms with Crippen LogP contribution in [0.4, 0.5) is 4.79 Å². The van der Waals surface area contributed by atoms with Crippen LogP contribution in [0.1, 0.15) is 40.5 Å². The van der Waals surface area contributed by atoms with Gasteiger partial charge in [-0.1, -0.05) is 60.7 Å². The molecule has 1 aliphatic carbocycles. The van der Waals surface area contributed by atoms with Gasteiger partial charge in [-0.2, -0.15) is 0 Å². The Labute approximate surface area is 179 Å². The van der Waals surface area contributed by atoms with E-state index in [1.54, 1.807) is 4.90 Å². The minimum absolute atomic E-state index is 0.0145. The van der Waals surface area contributed by atoms with Gasteiger partial charge in [0, 0.05) is 19.0 Å². The zero-order chi connectivity index (χ0) is 21.5. The van der Waals surface area contributed by atoms with Crippen molar-refractivity contribution >= 4 is 12.1 Å². The molecule has 3 aromatic rings. The van der Waals surface area contributed by atoms with Gasteiger partial charge in [0.05, 0.1) is 12.2 Å². The number of rotatable bonds is 4. The Balaban J connectivity index is 1.28. The monoisotopic (exact) mass is 418 g/mol. The SMILES string of the molecule is C[C@@H]1CN(C(=O)OCC2c3ccccc3-c3ccccc32)C[C@H]1n1cc(C(=O)O)nn1. The second kappa shape index (κ2) is 7.54. The molecule has 8 nitrogen and oxygen atoms in total. The van der Waals surface area contributed by atoms with Crippen molar-refractivity contribution in [2.75, 3.05) is 19.7 Å². The van der Waals surface area contributed by atoms with E-state index >= 15 is 0 Å². The number of carboxylic acids is 1. The van der Waals surface area contributed by atoms with E-state index in [0.717, 1.165) is 0 Å². The number of ether oxygens (including phenoxy) is 1. The summed E-state index contributed by atoms with van der Waals surface area (Å²) < 4.78 is 7.28. The van der Waals surface area contributed by atoms with E-state index in [9.17, 15) is 9.59 Å². The molecule has 158 valence electrons. The third-order valence-electron chi connectivity index (χ3n) is 6.24. The average Bonchev–Trinajstić information content (AvgIpc) is 3.48. The fraction of sp³-hybridized carbons (Fsp3) is 0.304. The number of benzene rings is 2. The normalized spacial score (nSPS) is 19.8. The molecular weight excluding hydrogens is 396 g/mol. The van der Waals surface area contributed by atoms with Crippen molar-refractivity contribution < 1.29 is 19.4 Å². The molecule has 1 N–H and O–H groups in total. The number of carboxylic acid groups (broad SMARTS) is 1. The van der Waals surface area contributed by atoms with Gasteiger partial charge in [0.25, 0.3) is 0 Å². The molecule has 1 amide bonds. The summed E-state index contributed by atoms with van der Waals surface area (Å²) in [6.45, 7) is 3.20. The van der Waals surface area contributed by atoms with Gasteiger partial charge in [-0.25, -0.2) is 14.3 Å². The molecule has 1 saturated heterocycles. The van der Waals surface area contributed by atoms with Gasteiger partial charge in [0.1, 0.15) is 6.61 Å². The molecule has 1 fully saturated rings. The summed E-state index contributed by atoms with van der Waals surface area (Å²) in [5.74, 6) is -1.00. The third kappa shape index (κ3) is 3.34. The number of hydrogen-bond acceptors (Lipinski definition) is 5. The van der Waals surface area contributed by atoms with E-state index in [-0.39, 0.29) is 36.3 Å². The Bertz CT molecular complexity index is 1110. The van der Waals surface area contributed by atoms with Crippen LogP contribution in [0.2, 0.25) is 0 Å². The van der Waals surface area contributed by atoms with Crippen molar-refractivity contribution in [2.24, 2.45) is 5.92 Å². The summed E-state index contributed by atoms with van der Waals surface area (Å²) in [7, 11) is 0. The maximum atomic E-state index is 12.8. The molecule has 0 bridgehead atoms. The van der Waals surface area contributed by atoms with Crippen LogP contribution in [0, 0.1) is 5.92 Å². The standard InChI is InChI=1S/C23H22N4O4/c1-14-10-26(12-21(14)27-11-20(22(28)29)24-25-27)23(30)31-13-19-17-8-4-2-6-15(17)16-7-3-5-9-18(16)19/h2-9,11,14,19,21H,10,12-13H2,1H3,(H,28,29)/t14-,21-/m1/s1. The summed E-state index contributed by atoms with van der Waals surface area (Å²) in [6, 6.07) is 16.3. The highest BCUT2D eigenvalue weighted by Crippen LogP contribution is 2.44. The number of nitrogens with zero attached hydrogens (tertiary/aromatic N) is 4. The Morgan fingerprint density at radius 3 is 2.32 bits per heavy atom. The van der Waals surface area contributed by atoms with Crippen molar-refractivity contribution in [3.05, 3.63) is 71.5 Å². The minimum Gasteiger partial charge on any atom is -0.476 e. The fourth-order valence-corrected chi connectivity index (χ4v) is 4.67. The third-order valence-corrected chi connectivity index (χ3v) is 6.24. The Kier molecular flexibility index (Phi) is 4.69. The lowest BCUT2D eigenvalue weighted by molar-refractivity contribution is 0.0690. The van der Waals surface area contributed by atoms with E-state index in [4.69, 9.17) is 9.84 Å². The summed E-state index contributed by atoms with van der Waals surface area (Å²) in [5.41, 5.74) is 4.62. The lowest BCUT2D eigenvalue weighted by atomic mass is 9.98. The molecule has 5 rings (SSSR count). The van der Waals surface area contributed by atoms with Crippen molar-refractivity contribution in [3.8, 4) is 11.1 Å². The predicted molar refractivity (Wildman–Crippen MR) is 112 cm³/mol. The van der Waals surface area contributed by atoms with Crippen LogP contribution in [0.3, 0.4) is 0 Å². The fourth-order valence-electron chi connectivity index (χ4n) is 4.67. The summed E-state index contributed by atoms with van der Waals surface area (Å²) in [6.07, 6.45) is 1.04. The highest BCUT2D eigenvalue weighted by Gasteiger charge is 2.36. The maximum Gasteiger partial charge on any atom is 0.409 e. The zero-order valence-electron chi connectivity index (χ0n) is 17.0. The topological polar surface area (TPSA) is 97.5 Å². The number of likely N-dealkylation sites (tertiary alicyclic amines) is 1. The van der Waals surface area contributed by atoms with Crippen molar-refractivity contribution in [1.82, 2.24) is 19.9 Å². The number of aromatic nitrogens is 3. The van der Waals surface area contributed by atoms with Gasteiger partial charge in [-0.3, -0.25) is 0 Å². The molecule has 2 aromatic carbocycles. The zero-order valence-corrected chi connectivity index (χ0v) is 17.0. The van der Waals surface area contributed by atoms with Crippen LogP contribution in [-0.4, -0.2) is 56.8 Å². The first-order valence-electron chi connectivity index (χ1n) is 10.3. The van der Waals surface area contributed by atoms with Crippen LogP contribution in [0.15, 0.2) is 54.7 Å². The average molecular weight is 418 g/mol. The molecule has 0 radical (unpaired) electrons. The largest absolute Gasteiger partial charge is 0.476 e. The van der Waals surface area contributed by atoms with Crippen LogP contribution in [0.5, 0.6) is 0 Å². The number of fused-ring (bicyclic) bond motifs is 3. The highest BCUT2D eigenvalue weighted by molar-refractivity contribution is 5.84. The first-order valence-corrected chi connectivity index (χ1v) is 10.3. The van der Waals surface area contributed by atoms with E-state index < -0.39 is 5.97 Å². The maximum absolute atomic E-state index is 12.8. The summed E-state index contributed by atoms with van der Waals surface area (Å²) >= 11 is 0. The van der Waals surface area contributed by atoms with Crippen molar-refractivity contribution in [1.29, 1.82) is 0 Å². The molecule has 0 saturated carbocycles. The quantitative estimate of drug-likeness (QED) is 0.697. The van der Waals surface area contributed by atoms with Crippen LogP contribution in [0.25, 0.3) is 11.1 Å². The molecule has 1 aromatic heterocycles. The molecule has 0 spiro atoms. The molecular formula is C23H22N4O4. The Morgan fingerprint density at radius 1 is 1.06 bits per heavy atom. The molecule has 8 heteroatoms. The summed E-state index contributed by atoms with van der Waals surface area (Å²) in [5, 5.41) is 16.7. The van der Waals surface area contributed by atoms with Crippen LogP contribution < -0.4 is 0 Å². The summed E-state index contributed by atoms with van der Waals surface area (Å²) in [4.78, 5) is 25.6.